The Kier molecular flexibility index (Phi) is 6.08. The quantitative estimate of drug-likeness (QED) is 0.718. The van der Waals surface area contributed by atoms with E-state index in [0.717, 1.165) is 31.5 Å². The van der Waals surface area contributed by atoms with E-state index in [2.05, 4.69) is 37.2 Å². The van der Waals surface area contributed by atoms with E-state index in [1.54, 1.807) is 0 Å². The van der Waals surface area contributed by atoms with E-state index in [-0.39, 0.29) is 6.61 Å². The summed E-state index contributed by atoms with van der Waals surface area (Å²) in [5, 5.41) is 12.7. The van der Waals surface area contributed by atoms with Crippen LogP contribution in [0.15, 0.2) is 45.3 Å². The van der Waals surface area contributed by atoms with Gasteiger partial charge in [0.2, 0.25) is 0 Å². The first-order valence-electron chi connectivity index (χ1n) is 6.69. The summed E-state index contributed by atoms with van der Waals surface area (Å²) in [4.78, 5) is 0. The summed E-state index contributed by atoms with van der Waals surface area (Å²) in [5.74, 6) is 0.842. The molecule has 0 aromatic heterocycles. The summed E-state index contributed by atoms with van der Waals surface area (Å²) in [6.07, 6.45) is 0. The van der Waals surface area contributed by atoms with Gasteiger partial charge in [-0.1, -0.05) is 34.1 Å². The largest absolute Gasteiger partial charge is 0.492 e. The second kappa shape index (κ2) is 7.82. The van der Waals surface area contributed by atoms with Gasteiger partial charge in [-0.15, -0.1) is 0 Å². The number of hydrogen-bond donors (Lipinski definition) is 2. The normalized spacial score (nSPS) is 10.5. The minimum Gasteiger partial charge on any atom is -0.492 e. The zero-order valence-electron chi connectivity index (χ0n) is 11.7. The second-order valence-electron chi connectivity index (χ2n) is 4.48. The van der Waals surface area contributed by atoms with E-state index >= 15 is 0 Å². The van der Waals surface area contributed by atoms with Gasteiger partial charge in [-0.25, -0.2) is 0 Å². The number of para-hydroxylation sites is 1. The van der Waals surface area contributed by atoms with Crippen LogP contribution in [0.3, 0.4) is 0 Å². The maximum Gasteiger partial charge on any atom is 0.138 e. The molecule has 0 bridgehead atoms. The highest BCUT2D eigenvalue weighted by molar-refractivity contribution is 9.11. The van der Waals surface area contributed by atoms with Gasteiger partial charge in [0.05, 0.1) is 17.7 Å². The summed E-state index contributed by atoms with van der Waals surface area (Å²) in [6, 6.07) is 11.7. The van der Waals surface area contributed by atoms with Crippen LogP contribution in [0.5, 0.6) is 5.75 Å². The van der Waals surface area contributed by atoms with Crippen LogP contribution < -0.4 is 10.1 Å². The molecule has 0 aliphatic carbocycles. The van der Waals surface area contributed by atoms with Crippen LogP contribution in [0, 0.1) is 0 Å². The van der Waals surface area contributed by atoms with Crippen molar-refractivity contribution in [3.63, 3.8) is 0 Å². The van der Waals surface area contributed by atoms with E-state index in [1.165, 1.54) is 0 Å². The van der Waals surface area contributed by atoms with Gasteiger partial charge in [-0.3, -0.25) is 0 Å². The number of halogens is 2. The molecule has 2 aromatic carbocycles. The summed E-state index contributed by atoms with van der Waals surface area (Å²) in [7, 11) is 0. The van der Waals surface area contributed by atoms with E-state index in [9.17, 15) is 5.11 Å². The van der Waals surface area contributed by atoms with E-state index < -0.39 is 0 Å². The molecule has 5 heteroatoms. The van der Waals surface area contributed by atoms with Gasteiger partial charge < -0.3 is 15.2 Å². The number of aliphatic hydroxyl groups is 1. The zero-order chi connectivity index (χ0) is 15.2. The van der Waals surface area contributed by atoms with Crippen LogP contribution in [0.4, 0.5) is 5.69 Å². The standard InChI is InChI=1S/C16H17Br2NO2/c1-2-21-16-12(7-13(17)8-14(16)18)9-19-15-6-4-3-5-11(15)10-20/h3-8,19-20H,2,9-10H2,1H3. The smallest absolute Gasteiger partial charge is 0.138 e. The molecule has 0 heterocycles. The van der Waals surface area contributed by atoms with Crippen molar-refractivity contribution in [1.29, 1.82) is 0 Å². The zero-order valence-corrected chi connectivity index (χ0v) is 14.9. The van der Waals surface area contributed by atoms with Crippen molar-refractivity contribution < 1.29 is 9.84 Å². The Labute approximate surface area is 141 Å². The molecule has 0 aliphatic heterocycles. The van der Waals surface area contributed by atoms with Crippen molar-refractivity contribution in [1.82, 2.24) is 0 Å². The maximum absolute atomic E-state index is 9.36. The number of nitrogens with one attached hydrogen (secondary N) is 1. The first-order chi connectivity index (χ1) is 10.2. The van der Waals surface area contributed by atoms with Gasteiger partial charge >= 0.3 is 0 Å². The molecule has 0 spiro atoms. The summed E-state index contributed by atoms with van der Waals surface area (Å²) in [6.45, 7) is 3.21. The predicted molar refractivity (Wildman–Crippen MR) is 92.7 cm³/mol. The molecular weight excluding hydrogens is 398 g/mol. The van der Waals surface area contributed by atoms with Crippen LogP contribution in [-0.2, 0) is 13.2 Å². The molecule has 2 aromatic rings. The first kappa shape index (κ1) is 16.3. The van der Waals surface area contributed by atoms with Crippen molar-refractivity contribution >= 4 is 37.5 Å². The van der Waals surface area contributed by atoms with Gasteiger partial charge in [0.1, 0.15) is 5.75 Å². The molecule has 0 radical (unpaired) electrons. The topological polar surface area (TPSA) is 41.5 Å². The Morgan fingerprint density at radius 1 is 1.14 bits per heavy atom. The fraction of sp³-hybridized carbons (Fsp3) is 0.250. The fourth-order valence-corrected chi connectivity index (χ4v) is 3.50. The van der Waals surface area contributed by atoms with Crippen molar-refractivity contribution in [2.45, 2.75) is 20.1 Å². The van der Waals surface area contributed by atoms with Crippen LogP contribution in [0.25, 0.3) is 0 Å². The predicted octanol–water partition coefficient (Wildman–Crippen LogP) is 4.71. The molecule has 2 rings (SSSR count). The minimum atomic E-state index is 0.0175. The molecule has 21 heavy (non-hydrogen) atoms. The maximum atomic E-state index is 9.36. The molecule has 0 unspecified atom stereocenters. The first-order valence-corrected chi connectivity index (χ1v) is 8.27. The highest BCUT2D eigenvalue weighted by Gasteiger charge is 2.10. The van der Waals surface area contributed by atoms with Gasteiger partial charge in [-0.2, -0.15) is 0 Å². The molecular formula is C16H17Br2NO2. The lowest BCUT2D eigenvalue weighted by Crippen LogP contribution is -2.05. The average molecular weight is 415 g/mol. The number of anilines is 1. The minimum absolute atomic E-state index is 0.0175. The highest BCUT2D eigenvalue weighted by atomic mass is 79.9. The van der Waals surface area contributed by atoms with Crippen LogP contribution in [0.1, 0.15) is 18.1 Å². The fourth-order valence-electron chi connectivity index (χ4n) is 2.07. The summed E-state index contributed by atoms with van der Waals surface area (Å²) >= 11 is 7.03. The number of aliphatic hydroxyl groups excluding tert-OH is 1. The van der Waals surface area contributed by atoms with Crippen molar-refractivity contribution in [3.8, 4) is 5.75 Å². The molecule has 3 nitrogen and oxygen atoms in total. The van der Waals surface area contributed by atoms with Crippen LogP contribution in [-0.4, -0.2) is 11.7 Å². The highest BCUT2D eigenvalue weighted by Crippen LogP contribution is 2.33. The Bertz CT molecular complexity index is 617. The molecule has 0 aliphatic rings. The third kappa shape index (κ3) is 4.22. The van der Waals surface area contributed by atoms with Crippen LogP contribution in [0.2, 0.25) is 0 Å². The number of rotatable bonds is 6. The van der Waals surface area contributed by atoms with Crippen molar-refractivity contribution in [3.05, 3.63) is 56.5 Å². The third-order valence-corrected chi connectivity index (χ3v) is 4.08. The van der Waals surface area contributed by atoms with E-state index in [1.807, 2.05) is 43.3 Å². The molecule has 0 saturated heterocycles. The van der Waals surface area contributed by atoms with Gasteiger partial charge in [0.25, 0.3) is 0 Å². The molecule has 2 N–H and O–H groups in total. The number of hydrogen-bond acceptors (Lipinski definition) is 3. The molecule has 0 saturated carbocycles. The Hall–Kier alpha value is -1.04. The SMILES string of the molecule is CCOc1c(Br)cc(Br)cc1CNc1ccccc1CO. The van der Waals surface area contributed by atoms with E-state index in [0.29, 0.717) is 13.2 Å². The molecule has 112 valence electrons. The number of ether oxygens (including phenoxy) is 1. The average Bonchev–Trinajstić information content (AvgIpc) is 2.48. The Morgan fingerprint density at radius 3 is 2.62 bits per heavy atom. The summed E-state index contributed by atoms with van der Waals surface area (Å²) < 4.78 is 7.62. The second-order valence-corrected chi connectivity index (χ2v) is 6.25. The van der Waals surface area contributed by atoms with Gasteiger partial charge in [0, 0.05) is 27.8 Å². The van der Waals surface area contributed by atoms with Crippen molar-refractivity contribution in [2.75, 3.05) is 11.9 Å². The lowest BCUT2D eigenvalue weighted by atomic mass is 10.1. The van der Waals surface area contributed by atoms with Gasteiger partial charge in [0.15, 0.2) is 0 Å². The monoisotopic (exact) mass is 413 g/mol. The lowest BCUT2D eigenvalue weighted by Gasteiger charge is -2.15. The molecule has 0 fully saturated rings. The lowest BCUT2D eigenvalue weighted by molar-refractivity contribution is 0.282. The molecule has 0 atom stereocenters. The van der Waals surface area contributed by atoms with Gasteiger partial charge in [-0.05, 0) is 41.1 Å². The number of benzene rings is 2. The van der Waals surface area contributed by atoms with Crippen LogP contribution >= 0.6 is 31.9 Å². The Balaban J connectivity index is 2.23. The third-order valence-electron chi connectivity index (χ3n) is 3.03. The summed E-state index contributed by atoms with van der Waals surface area (Å²) in [5.41, 5.74) is 2.86. The Morgan fingerprint density at radius 2 is 1.90 bits per heavy atom. The van der Waals surface area contributed by atoms with E-state index in [4.69, 9.17) is 4.74 Å². The van der Waals surface area contributed by atoms with Crippen molar-refractivity contribution in [2.24, 2.45) is 0 Å². The molecule has 0 amide bonds.